The van der Waals surface area contributed by atoms with Crippen LogP contribution in [0.4, 0.5) is 0 Å². The molecule has 2 rings (SSSR count). The van der Waals surface area contributed by atoms with Crippen LogP contribution in [-0.2, 0) is 14.3 Å². The van der Waals surface area contributed by atoms with Crippen LogP contribution in [0, 0.1) is 0 Å². The molecule has 5 nitrogen and oxygen atoms in total. The molecule has 0 aromatic heterocycles. The second-order valence-electron chi connectivity index (χ2n) is 4.73. The number of rotatable bonds is 5. The molecule has 1 aliphatic rings. The number of halogens is 1. The van der Waals surface area contributed by atoms with E-state index in [2.05, 4.69) is 0 Å². The van der Waals surface area contributed by atoms with Crippen molar-refractivity contribution in [2.24, 2.45) is 0 Å². The SMILES string of the molecule is COCCN1C(=O)C(O)=C(C(C)=O)[C@H]1c1ccccc1Cl. The average molecular weight is 310 g/mol. The Hall–Kier alpha value is -1.85. The number of methoxy groups -OCH3 is 1. The van der Waals surface area contributed by atoms with Gasteiger partial charge in [-0.2, -0.15) is 0 Å². The van der Waals surface area contributed by atoms with Crippen LogP contribution >= 0.6 is 11.6 Å². The van der Waals surface area contributed by atoms with Gasteiger partial charge in [-0.1, -0.05) is 29.8 Å². The van der Waals surface area contributed by atoms with E-state index >= 15 is 0 Å². The molecular weight excluding hydrogens is 294 g/mol. The zero-order chi connectivity index (χ0) is 15.6. The quantitative estimate of drug-likeness (QED) is 0.906. The minimum atomic E-state index is -0.682. The summed E-state index contributed by atoms with van der Waals surface area (Å²) in [5.41, 5.74) is 0.682. The number of carbonyl (C=O) groups excluding carboxylic acids is 2. The van der Waals surface area contributed by atoms with Crippen molar-refractivity contribution in [2.45, 2.75) is 13.0 Å². The molecule has 1 atom stereocenters. The molecule has 0 radical (unpaired) electrons. The van der Waals surface area contributed by atoms with Crippen molar-refractivity contribution in [1.29, 1.82) is 0 Å². The molecule has 21 heavy (non-hydrogen) atoms. The molecule has 1 aromatic rings. The number of nitrogens with zero attached hydrogens (tertiary/aromatic N) is 1. The number of benzene rings is 1. The molecule has 112 valence electrons. The summed E-state index contributed by atoms with van der Waals surface area (Å²) in [6, 6.07) is 6.27. The predicted octanol–water partition coefficient (Wildman–Crippen LogP) is 2.27. The average Bonchev–Trinajstić information content (AvgIpc) is 2.69. The number of hydrogen-bond acceptors (Lipinski definition) is 4. The third kappa shape index (κ3) is 2.80. The Labute approximate surface area is 127 Å². The number of aliphatic hydroxyl groups is 1. The lowest BCUT2D eigenvalue weighted by Gasteiger charge is -2.26. The van der Waals surface area contributed by atoms with Gasteiger partial charge in [-0.05, 0) is 18.6 Å². The monoisotopic (exact) mass is 309 g/mol. The van der Waals surface area contributed by atoms with Gasteiger partial charge in [-0.3, -0.25) is 9.59 Å². The standard InChI is InChI=1S/C15H16ClNO4/c1-9(18)12-13(10-5-3-4-6-11(10)16)17(7-8-21-2)15(20)14(12)19/h3-6,13,19H,7-8H2,1-2H3/t13-/m1/s1. The van der Waals surface area contributed by atoms with Crippen LogP contribution < -0.4 is 0 Å². The molecule has 0 unspecified atom stereocenters. The zero-order valence-electron chi connectivity index (χ0n) is 11.8. The lowest BCUT2D eigenvalue weighted by molar-refractivity contribution is -0.130. The highest BCUT2D eigenvalue weighted by molar-refractivity contribution is 6.31. The zero-order valence-corrected chi connectivity index (χ0v) is 12.6. The van der Waals surface area contributed by atoms with Gasteiger partial charge in [-0.25, -0.2) is 0 Å². The lowest BCUT2D eigenvalue weighted by atomic mass is 9.97. The molecule has 6 heteroatoms. The van der Waals surface area contributed by atoms with E-state index in [0.717, 1.165) is 0 Å². The first-order valence-corrected chi connectivity index (χ1v) is 6.85. The van der Waals surface area contributed by atoms with E-state index in [1.807, 2.05) is 0 Å². The number of ether oxygens (including phenoxy) is 1. The fourth-order valence-corrected chi connectivity index (χ4v) is 2.69. The molecule has 1 aliphatic heterocycles. The molecule has 1 amide bonds. The number of ketones is 1. The van der Waals surface area contributed by atoms with Crippen molar-refractivity contribution < 1.29 is 19.4 Å². The van der Waals surface area contributed by atoms with E-state index in [-0.39, 0.29) is 17.9 Å². The van der Waals surface area contributed by atoms with Gasteiger partial charge in [0.05, 0.1) is 18.2 Å². The largest absolute Gasteiger partial charge is 0.503 e. The highest BCUT2D eigenvalue weighted by Crippen LogP contribution is 2.39. The Morgan fingerprint density at radius 2 is 2.10 bits per heavy atom. The third-order valence-electron chi connectivity index (χ3n) is 3.42. The lowest BCUT2D eigenvalue weighted by Crippen LogP contribution is -2.34. The van der Waals surface area contributed by atoms with Crippen molar-refractivity contribution in [1.82, 2.24) is 4.90 Å². The van der Waals surface area contributed by atoms with Gasteiger partial charge >= 0.3 is 0 Å². The molecule has 0 spiro atoms. The normalized spacial score (nSPS) is 18.5. The molecule has 1 heterocycles. The first-order valence-electron chi connectivity index (χ1n) is 6.47. The van der Waals surface area contributed by atoms with E-state index < -0.39 is 17.7 Å². The number of carbonyl (C=O) groups is 2. The maximum Gasteiger partial charge on any atom is 0.290 e. The molecule has 0 fully saturated rings. The van der Waals surface area contributed by atoms with Crippen LogP contribution in [0.3, 0.4) is 0 Å². The van der Waals surface area contributed by atoms with E-state index in [1.165, 1.54) is 18.9 Å². The van der Waals surface area contributed by atoms with Crippen molar-refractivity contribution >= 4 is 23.3 Å². The van der Waals surface area contributed by atoms with Gasteiger partial charge in [0, 0.05) is 18.7 Å². The Bertz CT molecular complexity index is 611. The number of Topliss-reactive ketones (excluding diaryl/α,β-unsaturated/α-hetero) is 1. The van der Waals surface area contributed by atoms with E-state index in [1.54, 1.807) is 24.3 Å². The van der Waals surface area contributed by atoms with Gasteiger partial charge in [0.2, 0.25) is 0 Å². The summed E-state index contributed by atoms with van der Waals surface area (Å²) >= 11 is 6.18. The Morgan fingerprint density at radius 3 is 2.67 bits per heavy atom. The third-order valence-corrected chi connectivity index (χ3v) is 3.76. The molecule has 0 aliphatic carbocycles. The maximum absolute atomic E-state index is 12.2. The summed E-state index contributed by atoms with van der Waals surface area (Å²) in [5.74, 6) is -1.45. The molecule has 0 saturated carbocycles. The number of hydrogen-bond donors (Lipinski definition) is 1. The fraction of sp³-hybridized carbons (Fsp3) is 0.333. The molecule has 1 aromatic carbocycles. The van der Waals surface area contributed by atoms with Crippen LogP contribution in [0.1, 0.15) is 18.5 Å². The molecule has 0 saturated heterocycles. The van der Waals surface area contributed by atoms with E-state index in [9.17, 15) is 14.7 Å². The summed E-state index contributed by atoms with van der Waals surface area (Å²) in [4.78, 5) is 25.4. The summed E-state index contributed by atoms with van der Waals surface area (Å²) in [5, 5.41) is 10.4. The van der Waals surface area contributed by atoms with Gasteiger partial charge in [0.1, 0.15) is 0 Å². The van der Waals surface area contributed by atoms with Crippen LogP contribution in [0.25, 0.3) is 0 Å². The van der Waals surface area contributed by atoms with Crippen molar-refractivity contribution in [3.05, 3.63) is 46.2 Å². The van der Waals surface area contributed by atoms with Crippen LogP contribution in [0.5, 0.6) is 0 Å². The summed E-state index contributed by atoms with van der Waals surface area (Å²) in [6.07, 6.45) is 0. The van der Waals surface area contributed by atoms with E-state index in [4.69, 9.17) is 16.3 Å². The minimum absolute atomic E-state index is 0.0733. The Morgan fingerprint density at radius 1 is 1.43 bits per heavy atom. The summed E-state index contributed by atoms with van der Waals surface area (Å²) in [7, 11) is 1.52. The van der Waals surface area contributed by atoms with Gasteiger partial charge in [0.25, 0.3) is 5.91 Å². The smallest absolute Gasteiger partial charge is 0.290 e. The summed E-state index contributed by atoms with van der Waals surface area (Å²) < 4.78 is 4.99. The van der Waals surface area contributed by atoms with E-state index in [0.29, 0.717) is 17.2 Å². The molecule has 0 bridgehead atoms. The Balaban J connectivity index is 2.52. The molecule has 1 N–H and O–H groups in total. The number of amides is 1. The topological polar surface area (TPSA) is 66.8 Å². The second kappa shape index (κ2) is 6.28. The van der Waals surface area contributed by atoms with Crippen LogP contribution in [0.15, 0.2) is 35.6 Å². The second-order valence-corrected chi connectivity index (χ2v) is 5.14. The highest BCUT2D eigenvalue weighted by Gasteiger charge is 2.42. The maximum atomic E-state index is 12.2. The number of aliphatic hydroxyl groups excluding tert-OH is 1. The minimum Gasteiger partial charge on any atom is -0.503 e. The first kappa shape index (κ1) is 15.5. The van der Waals surface area contributed by atoms with Crippen molar-refractivity contribution in [2.75, 3.05) is 20.3 Å². The van der Waals surface area contributed by atoms with Crippen molar-refractivity contribution in [3.8, 4) is 0 Å². The van der Waals surface area contributed by atoms with Gasteiger partial charge in [0.15, 0.2) is 11.5 Å². The highest BCUT2D eigenvalue weighted by atomic mass is 35.5. The van der Waals surface area contributed by atoms with Crippen molar-refractivity contribution in [3.63, 3.8) is 0 Å². The fourth-order valence-electron chi connectivity index (χ4n) is 2.45. The first-order chi connectivity index (χ1) is 9.99. The molecular formula is C15H16ClNO4. The Kier molecular flexibility index (Phi) is 4.65. The van der Waals surface area contributed by atoms with Gasteiger partial charge < -0.3 is 14.7 Å². The van der Waals surface area contributed by atoms with Crippen LogP contribution in [0.2, 0.25) is 5.02 Å². The predicted molar refractivity (Wildman–Crippen MR) is 78.1 cm³/mol. The van der Waals surface area contributed by atoms with Gasteiger partial charge in [-0.15, -0.1) is 0 Å². The van der Waals surface area contributed by atoms with Crippen LogP contribution in [-0.4, -0.2) is 42.0 Å². The summed E-state index contributed by atoms with van der Waals surface area (Å²) in [6.45, 7) is 1.87.